The number of esters is 1. The molecule has 1 heterocycles. The van der Waals surface area contributed by atoms with Gasteiger partial charge < -0.3 is 14.8 Å². The van der Waals surface area contributed by atoms with Gasteiger partial charge >= 0.3 is 5.97 Å². The Morgan fingerprint density at radius 1 is 1.65 bits per heavy atom. The lowest BCUT2D eigenvalue weighted by molar-refractivity contribution is -0.143. The van der Waals surface area contributed by atoms with E-state index in [0.717, 1.165) is 32.6 Å². The van der Waals surface area contributed by atoms with Gasteiger partial charge in [0.05, 0.1) is 13.7 Å². The summed E-state index contributed by atoms with van der Waals surface area (Å²) in [7, 11) is 3.46. The molecule has 0 radical (unpaired) electrons. The largest absolute Gasteiger partial charge is 0.468 e. The number of hydrogen-bond acceptors (Lipinski definition) is 5. The van der Waals surface area contributed by atoms with Crippen molar-refractivity contribution in [1.29, 1.82) is 0 Å². The number of hydrogen-bond donors (Lipinski definition) is 1. The van der Waals surface area contributed by atoms with Crippen LogP contribution in [0.2, 0.25) is 0 Å². The molecule has 1 saturated heterocycles. The van der Waals surface area contributed by atoms with Crippen LogP contribution in [0.4, 0.5) is 0 Å². The Kier molecular flexibility index (Phi) is 6.47. The molecule has 1 N–H and O–H groups in total. The topological polar surface area (TPSA) is 50.8 Å². The standard InChI is InChI=1S/C12H24N2O3/c1-4-6-13-11(12(15)16-3)8-14(2)10-5-7-17-9-10/h10-11,13H,4-9H2,1-3H3. The summed E-state index contributed by atoms with van der Waals surface area (Å²) in [4.78, 5) is 13.8. The second-order valence-corrected chi connectivity index (χ2v) is 4.49. The number of likely N-dealkylation sites (N-methyl/N-ethyl adjacent to an activating group) is 1. The number of carbonyl (C=O) groups is 1. The molecule has 1 aliphatic heterocycles. The maximum Gasteiger partial charge on any atom is 0.324 e. The van der Waals surface area contributed by atoms with Crippen LogP contribution in [-0.4, -0.2) is 63.4 Å². The average molecular weight is 244 g/mol. The van der Waals surface area contributed by atoms with E-state index in [-0.39, 0.29) is 12.0 Å². The SMILES string of the molecule is CCCNC(CN(C)C1CCOC1)C(=O)OC. The molecule has 0 aromatic heterocycles. The number of carbonyl (C=O) groups excluding carboxylic acids is 1. The minimum absolute atomic E-state index is 0.191. The highest BCUT2D eigenvalue weighted by molar-refractivity contribution is 5.75. The predicted octanol–water partition coefficient (Wildman–Crippen LogP) is 0.248. The molecule has 2 unspecified atom stereocenters. The molecular formula is C12H24N2O3. The van der Waals surface area contributed by atoms with Crippen molar-refractivity contribution in [3.05, 3.63) is 0 Å². The summed E-state index contributed by atoms with van der Waals surface area (Å²) in [6.07, 6.45) is 2.04. The van der Waals surface area contributed by atoms with Crippen LogP contribution in [0.3, 0.4) is 0 Å². The number of ether oxygens (including phenoxy) is 2. The van der Waals surface area contributed by atoms with E-state index in [4.69, 9.17) is 9.47 Å². The number of nitrogens with one attached hydrogen (secondary N) is 1. The Hall–Kier alpha value is -0.650. The van der Waals surface area contributed by atoms with Gasteiger partial charge in [0, 0.05) is 19.2 Å². The fourth-order valence-corrected chi connectivity index (χ4v) is 1.99. The van der Waals surface area contributed by atoms with Crippen LogP contribution < -0.4 is 5.32 Å². The fraction of sp³-hybridized carbons (Fsp3) is 0.917. The van der Waals surface area contributed by atoms with Gasteiger partial charge in [0.2, 0.25) is 0 Å². The zero-order chi connectivity index (χ0) is 12.7. The second-order valence-electron chi connectivity index (χ2n) is 4.49. The Bertz CT molecular complexity index is 230. The van der Waals surface area contributed by atoms with Crippen molar-refractivity contribution in [1.82, 2.24) is 10.2 Å². The first kappa shape index (κ1) is 14.4. The van der Waals surface area contributed by atoms with Crippen LogP contribution in [0.5, 0.6) is 0 Å². The van der Waals surface area contributed by atoms with Crippen LogP contribution >= 0.6 is 0 Å². The maximum atomic E-state index is 11.6. The van der Waals surface area contributed by atoms with E-state index in [9.17, 15) is 4.79 Å². The molecule has 0 saturated carbocycles. The van der Waals surface area contributed by atoms with Crippen LogP contribution in [0.1, 0.15) is 19.8 Å². The second kappa shape index (κ2) is 7.63. The summed E-state index contributed by atoms with van der Waals surface area (Å²) >= 11 is 0. The molecule has 2 atom stereocenters. The van der Waals surface area contributed by atoms with E-state index < -0.39 is 0 Å². The van der Waals surface area contributed by atoms with Gasteiger partial charge in [-0.1, -0.05) is 6.92 Å². The Labute approximate surface area is 103 Å². The van der Waals surface area contributed by atoms with E-state index in [1.807, 2.05) is 7.05 Å². The van der Waals surface area contributed by atoms with Gasteiger partial charge in [-0.3, -0.25) is 9.69 Å². The third-order valence-corrected chi connectivity index (χ3v) is 3.13. The predicted molar refractivity (Wildman–Crippen MR) is 66.0 cm³/mol. The summed E-state index contributed by atoms with van der Waals surface area (Å²) in [6.45, 7) is 5.16. The highest BCUT2D eigenvalue weighted by atomic mass is 16.5. The third kappa shape index (κ3) is 4.61. The van der Waals surface area contributed by atoms with Gasteiger partial charge in [0.1, 0.15) is 6.04 Å². The Morgan fingerprint density at radius 2 is 2.41 bits per heavy atom. The lowest BCUT2D eigenvalue weighted by Gasteiger charge is -2.27. The molecule has 1 rings (SSSR count). The van der Waals surface area contributed by atoms with Gasteiger partial charge in [0.15, 0.2) is 0 Å². The minimum Gasteiger partial charge on any atom is -0.468 e. The van der Waals surface area contributed by atoms with E-state index in [0.29, 0.717) is 12.6 Å². The van der Waals surface area contributed by atoms with Gasteiger partial charge in [-0.2, -0.15) is 0 Å². The fourth-order valence-electron chi connectivity index (χ4n) is 1.99. The zero-order valence-electron chi connectivity index (χ0n) is 11.1. The van der Waals surface area contributed by atoms with Crippen molar-refractivity contribution in [3.8, 4) is 0 Å². The first-order valence-electron chi connectivity index (χ1n) is 6.28. The molecule has 0 aromatic rings. The van der Waals surface area contributed by atoms with Crippen LogP contribution in [0.15, 0.2) is 0 Å². The quantitative estimate of drug-likeness (QED) is 0.651. The van der Waals surface area contributed by atoms with Crippen LogP contribution in [-0.2, 0) is 14.3 Å². The lowest BCUT2D eigenvalue weighted by Crippen LogP contribution is -2.48. The molecule has 1 fully saturated rings. The smallest absolute Gasteiger partial charge is 0.324 e. The Morgan fingerprint density at radius 3 is 2.94 bits per heavy atom. The van der Waals surface area contributed by atoms with Crippen molar-refractivity contribution in [2.24, 2.45) is 0 Å². The van der Waals surface area contributed by atoms with Crippen LogP contribution in [0.25, 0.3) is 0 Å². The van der Waals surface area contributed by atoms with Gasteiger partial charge in [0.25, 0.3) is 0 Å². The number of methoxy groups -OCH3 is 1. The summed E-state index contributed by atoms with van der Waals surface area (Å²) < 4.78 is 10.2. The average Bonchev–Trinajstić information content (AvgIpc) is 2.87. The lowest BCUT2D eigenvalue weighted by atomic mass is 10.2. The van der Waals surface area contributed by atoms with Crippen molar-refractivity contribution in [2.75, 3.05) is 40.5 Å². The minimum atomic E-state index is -0.245. The summed E-state index contributed by atoms with van der Waals surface area (Å²) in [5.74, 6) is -0.191. The third-order valence-electron chi connectivity index (χ3n) is 3.13. The maximum absolute atomic E-state index is 11.6. The summed E-state index contributed by atoms with van der Waals surface area (Å²) in [5.41, 5.74) is 0. The van der Waals surface area contributed by atoms with E-state index in [1.54, 1.807) is 0 Å². The van der Waals surface area contributed by atoms with Crippen molar-refractivity contribution in [2.45, 2.75) is 31.8 Å². The van der Waals surface area contributed by atoms with Gasteiger partial charge in [-0.25, -0.2) is 0 Å². The first-order valence-corrected chi connectivity index (χ1v) is 6.28. The van der Waals surface area contributed by atoms with E-state index >= 15 is 0 Å². The molecule has 5 heteroatoms. The monoisotopic (exact) mass is 244 g/mol. The van der Waals surface area contributed by atoms with Gasteiger partial charge in [-0.15, -0.1) is 0 Å². The van der Waals surface area contributed by atoms with Gasteiger partial charge in [-0.05, 0) is 26.4 Å². The van der Waals surface area contributed by atoms with E-state index in [1.165, 1.54) is 7.11 Å². The van der Waals surface area contributed by atoms with Crippen molar-refractivity contribution < 1.29 is 14.3 Å². The zero-order valence-corrected chi connectivity index (χ0v) is 11.1. The molecule has 5 nitrogen and oxygen atoms in total. The number of nitrogens with zero attached hydrogens (tertiary/aromatic N) is 1. The summed E-state index contributed by atoms with van der Waals surface area (Å²) in [6, 6.07) is 0.177. The molecule has 0 bridgehead atoms. The number of rotatable bonds is 7. The molecular weight excluding hydrogens is 220 g/mol. The highest BCUT2D eigenvalue weighted by Gasteiger charge is 2.26. The van der Waals surface area contributed by atoms with E-state index in [2.05, 4.69) is 17.1 Å². The summed E-state index contributed by atoms with van der Waals surface area (Å²) in [5, 5.41) is 3.22. The van der Waals surface area contributed by atoms with Crippen LogP contribution in [0, 0.1) is 0 Å². The highest BCUT2D eigenvalue weighted by Crippen LogP contribution is 2.11. The molecule has 0 spiro atoms. The normalized spacial score (nSPS) is 21.8. The molecule has 0 aromatic carbocycles. The van der Waals surface area contributed by atoms with Crippen molar-refractivity contribution in [3.63, 3.8) is 0 Å². The van der Waals surface area contributed by atoms with Crippen molar-refractivity contribution >= 4 is 5.97 Å². The molecule has 0 amide bonds. The molecule has 1 aliphatic rings. The molecule has 100 valence electrons. The molecule has 0 aliphatic carbocycles. The Balaban J connectivity index is 2.42. The molecule has 17 heavy (non-hydrogen) atoms. The first-order chi connectivity index (χ1) is 8.19.